The summed E-state index contributed by atoms with van der Waals surface area (Å²) in [5.74, 6) is 0.0458. The lowest BCUT2D eigenvalue weighted by atomic mass is 10.2. The summed E-state index contributed by atoms with van der Waals surface area (Å²) in [4.78, 5) is 12.6. The number of rotatable bonds is 4. The number of thiophene rings is 1. The molecule has 0 saturated carbocycles. The number of nitrogens with zero attached hydrogens (tertiary/aromatic N) is 2. The summed E-state index contributed by atoms with van der Waals surface area (Å²) in [6, 6.07) is 13.4. The Morgan fingerprint density at radius 1 is 1.18 bits per heavy atom. The number of aromatic nitrogens is 2. The first-order valence-electron chi connectivity index (χ1n) is 6.34. The van der Waals surface area contributed by atoms with Crippen molar-refractivity contribution in [3.63, 3.8) is 0 Å². The molecule has 0 radical (unpaired) electrons. The minimum Gasteiger partial charge on any atom is -0.402 e. The van der Waals surface area contributed by atoms with Crippen LogP contribution >= 0.6 is 27.3 Å². The molecule has 0 unspecified atom stereocenters. The fourth-order valence-corrected chi connectivity index (χ4v) is 2.99. The van der Waals surface area contributed by atoms with E-state index in [0.717, 1.165) is 14.2 Å². The van der Waals surface area contributed by atoms with Crippen LogP contribution in [0.15, 0.2) is 56.7 Å². The van der Waals surface area contributed by atoms with Gasteiger partial charge in [-0.15, -0.1) is 16.4 Å². The van der Waals surface area contributed by atoms with Crippen molar-refractivity contribution in [3.05, 3.63) is 57.9 Å². The molecule has 1 N–H and O–H groups in total. The third kappa shape index (κ3) is 3.69. The number of hydrogen-bond donors (Lipinski definition) is 1. The minimum absolute atomic E-state index is 0.0715. The maximum Gasteiger partial charge on any atom is 0.322 e. The molecular formula is C15H10BrN3O2S. The average Bonchev–Trinajstić information content (AvgIpc) is 3.15. The van der Waals surface area contributed by atoms with Crippen LogP contribution in [0.2, 0.25) is 0 Å². The topological polar surface area (TPSA) is 68.0 Å². The van der Waals surface area contributed by atoms with E-state index < -0.39 is 0 Å². The summed E-state index contributed by atoms with van der Waals surface area (Å²) in [7, 11) is 0. The molecule has 0 atom stereocenters. The van der Waals surface area contributed by atoms with Crippen molar-refractivity contribution in [3.8, 4) is 10.8 Å². The Hall–Kier alpha value is -2.25. The van der Waals surface area contributed by atoms with Crippen LogP contribution in [0.3, 0.4) is 0 Å². The number of nitrogens with one attached hydrogen (secondary N) is 1. The molecule has 2 heterocycles. The molecule has 1 amide bonds. The zero-order chi connectivity index (χ0) is 15.4. The van der Waals surface area contributed by atoms with Crippen molar-refractivity contribution in [2.75, 3.05) is 5.32 Å². The molecule has 0 aliphatic heterocycles. The molecule has 3 rings (SSSR count). The third-order valence-corrected chi connectivity index (χ3v) is 4.28. The van der Waals surface area contributed by atoms with E-state index in [1.807, 2.05) is 42.5 Å². The lowest BCUT2D eigenvalue weighted by Gasteiger charge is -1.94. The second-order valence-corrected chi connectivity index (χ2v) is 6.71. The van der Waals surface area contributed by atoms with Crippen molar-refractivity contribution in [1.82, 2.24) is 10.2 Å². The van der Waals surface area contributed by atoms with E-state index in [-0.39, 0.29) is 11.9 Å². The van der Waals surface area contributed by atoms with Crippen LogP contribution < -0.4 is 5.32 Å². The van der Waals surface area contributed by atoms with E-state index in [0.29, 0.717) is 5.89 Å². The molecule has 0 fully saturated rings. The van der Waals surface area contributed by atoms with Gasteiger partial charge in [-0.3, -0.25) is 10.1 Å². The lowest BCUT2D eigenvalue weighted by Crippen LogP contribution is -2.07. The largest absolute Gasteiger partial charge is 0.402 e. The summed E-state index contributed by atoms with van der Waals surface area (Å²) in [6.07, 6.45) is 3.13. The van der Waals surface area contributed by atoms with Gasteiger partial charge in [0.1, 0.15) is 0 Å². The van der Waals surface area contributed by atoms with E-state index in [2.05, 4.69) is 31.4 Å². The van der Waals surface area contributed by atoms with Crippen molar-refractivity contribution in [1.29, 1.82) is 0 Å². The Balaban J connectivity index is 1.65. The van der Waals surface area contributed by atoms with Gasteiger partial charge in [0.2, 0.25) is 0 Å². The summed E-state index contributed by atoms with van der Waals surface area (Å²) in [5.41, 5.74) is 0.937. The Kier molecular flexibility index (Phi) is 4.45. The van der Waals surface area contributed by atoms with E-state index in [4.69, 9.17) is 4.42 Å². The highest BCUT2D eigenvalue weighted by atomic mass is 79.9. The van der Waals surface area contributed by atoms with E-state index in [1.54, 1.807) is 6.08 Å². The van der Waals surface area contributed by atoms with Gasteiger partial charge in [-0.25, -0.2) is 0 Å². The second-order valence-electron chi connectivity index (χ2n) is 4.25. The van der Waals surface area contributed by atoms with Gasteiger partial charge in [0, 0.05) is 6.08 Å². The molecule has 5 nitrogen and oxygen atoms in total. The number of benzene rings is 1. The highest BCUT2D eigenvalue weighted by Gasteiger charge is 2.11. The fraction of sp³-hybridized carbons (Fsp3) is 0. The van der Waals surface area contributed by atoms with E-state index >= 15 is 0 Å². The predicted octanol–water partition coefficient (Wildman–Crippen LogP) is 4.21. The van der Waals surface area contributed by atoms with Crippen LogP contribution in [0.4, 0.5) is 6.01 Å². The molecule has 0 saturated heterocycles. The molecule has 2 aromatic heterocycles. The molecule has 3 aromatic rings. The molecule has 22 heavy (non-hydrogen) atoms. The number of carbonyl (C=O) groups excluding carboxylic acids is 1. The number of anilines is 1. The monoisotopic (exact) mass is 375 g/mol. The molecule has 7 heteroatoms. The molecule has 110 valence electrons. The first-order valence-corrected chi connectivity index (χ1v) is 7.95. The molecule has 0 spiro atoms. The Morgan fingerprint density at radius 3 is 2.73 bits per heavy atom. The van der Waals surface area contributed by atoms with Gasteiger partial charge in [-0.1, -0.05) is 35.4 Å². The van der Waals surface area contributed by atoms with Crippen LogP contribution in [-0.2, 0) is 4.79 Å². The van der Waals surface area contributed by atoms with Gasteiger partial charge < -0.3 is 4.42 Å². The van der Waals surface area contributed by atoms with E-state index in [9.17, 15) is 4.79 Å². The highest BCUT2D eigenvalue weighted by Crippen LogP contribution is 2.30. The molecule has 0 bridgehead atoms. The lowest BCUT2D eigenvalue weighted by molar-refractivity contribution is -0.112. The first kappa shape index (κ1) is 14.7. The SMILES string of the molecule is O=C(/C=C/c1ccccc1)Nc1nnc(-c2ccc(Br)s2)o1. The van der Waals surface area contributed by atoms with Crippen molar-refractivity contribution >= 4 is 45.3 Å². The van der Waals surface area contributed by atoms with Gasteiger partial charge in [0.15, 0.2) is 0 Å². The molecule has 0 aliphatic rings. The summed E-state index contributed by atoms with van der Waals surface area (Å²) >= 11 is 4.84. The van der Waals surface area contributed by atoms with Crippen molar-refractivity contribution in [2.45, 2.75) is 0 Å². The zero-order valence-corrected chi connectivity index (χ0v) is 13.6. The Bertz CT molecular complexity index is 811. The summed E-state index contributed by atoms with van der Waals surface area (Å²) < 4.78 is 6.38. The van der Waals surface area contributed by atoms with Crippen LogP contribution in [0.5, 0.6) is 0 Å². The van der Waals surface area contributed by atoms with Crippen molar-refractivity contribution < 1.29 is 9.21 Å². The standard InChI is InChI=1S/C15H10BrN3O2S/c16-12-8-7-11(22-12)14-18-19-15(21-14)17-13(20)9-6-10-4-2-1-3-5-10/h1-9H,(H,17,19,20)/b9-6+. The number of carbonyl (C=O) groups is 1. The number of hydrogen-bond acceptors (Lipinski definition) is 5. The molecule has 0 aliphatic carbocycles. The zero-order valence-electron chi connectivity index (χ0n) is 11.2. The quantitative estimate of drug-likeness (QED) is 0.693. The third-order valence-electron chi connectivity index (χ3n) is 2.67. The maximum absolute atomic E-state index is 11.8. The molecular weight excluding hydrogens is 366 g/mol. The smallest absolute Gasteiger partial charge is 0.322 e. The summed E-state index contributed by atoms with van der Waals surface area (Å²) in [6.45, 7) is 0. The number of halogens is 1. The highest BCUT2D eigenvalue weighted by molar-refractivity contribution is 9.11. The van der Waals surface area contributed by atoms with Gasteiger partial charge in [0.25, 0.3) is 11.8 Å². The minimum atomic E-state index is -0.327. The fourth-order valence-electron chi connectivity index (χ4n) is 1.69. The van der Waals surface area contributed by atoms with Gasteiger partial charge in [-0.05, 0) is 39.7 Å². The Labute approximate surface area is 138 Å². The summed E-state index contributed by atoms with van der Waals surface area (Å²) in [5, 5.41) is 10.2. The Morgan fingerprint density at radius 2 is 2.00 bits per heavy atom. The average molecular weight is 376 g/mol. The van der Waals surface area contributed by atoms with E-state index in [1.165, 1.54) is 17.4 Å². The van der Waals surface area contributed by atoms with Crippen molar-refractivity contribution in [2.24, 2.45) is 0 Å². The van der Waals surface area contributed by atoms with Gasteiger partial charge in [0.05, 0.1) is 8.66 Å². The number of amides is 1. The maximum atomic E-state index is 11.8. The van der Waals surface area contributed by atoms with Crippen LogP contribution in [-0.4, -0.2) is 16.1 Å². The van der Waals surface area contributed by atoms with Gasteiger partial charge >= 0.3 is 6.01 Å². The van der Waals surface area contributed by atoms with Crippen LogP contribution in [0, 0.1) is 0 Å². The predicted molar refractivity (Wildman–Crippen MR) is 89.4 cm³/mol. The molecule has 1 aromatic carbocycles. The van der Waals surface area contributed by atoms with Crippen LogP contribution in [0.1, 0.15) is 5.56 Å². The van der Waals surface area contributed by atoms with Gasteiger partial charge in [-0.2, -0.15) is 0 Å². The second kappa shape index (κ2) is 6.67. The first-order chi connectivity index (χ1) is 10.7. The van der Waals surface area contributed by atoms with Crippen LogP contribution in [0.25, 0.3) is 16.8 Å². The normalized spacial score (nSPS) is 11.0.